The number of nitrogens with zero attached hydrogens (tertiary/aromatic N) is 4. The molecule has 5 rings (SSSR count). The summed E-state index contributed by atoms with van der Waals surface area (Å²) in [6.45, 7) is 6.37. The van der Waals surface area contributed by atoms with Gasteiger partial charge in [-0.3, -0.25) is 4.79 Å². The number of hydrogen-bond acceptors (Lipinski definition) is 6. The summed E-state index contributed by atoms with van der Waals surface area (Å²) >= 11 is 0. The van der Waals surface area contributed by atoms with Crippen molar-refractivity contribution in [3.05, 3.63) is 60.6 Å². The Bertz CT molecular complexity index is 1010. The molecule has 31 heavy (non-hydrogen) atoms. The summed E-state index contributed by atoms with van der Waals surface area (Å²) in [5.41, 5.74) is 3.05. The number of amides is 1. The molecule has 1 aliphatic carbocycles. The van der Waals surface area contributed by atoms with Crippen LogP contribution in [0, 0.1) is 5.92 Å². The highest BCUT2D eigenvalue weighted by atomic mass is 16.5. The summed E-state index contributed by atoms with van der Waals surface area (Å²) in [5, 5.41) is 2.81. The van der Waals surface area contributed by atoms with Crippen LogP contribution in [0.25, 0.3) is 0 Å². The summed E-state index contributed by atoms with van der Waals surface area (Å²) < 4.78 is 5.54. The number of anilines is 2. The van der Waals surface area contributed by atoms with E-state index in [1.807, 2.05) is 36.5 Å². The van der Waals surface area contributed by atoms with Gasteiger partial charge in [0.05, 0.1) is 17.9 Å². The van der Waals surface area contributed by atoms with E-state index in [9.17, 15) is 4.79 Å². The zero-order valence-electron chi connectivity index (χ0n) is 17.5. The third kappa shape index (κ3) is 4.05. The molecule has 1 unspecified atom stereocenters. The Hall–Kier alpha value is -3.19. The van der Waals surface area contributed by atoms with E-state index in [0.717, 1.165) is 61.9 Å². The van der Waals surface area contributed by atoms with E-state index in [1.54, 1.807) is 0 Å². The molecule has 0 radical (unpaired) electrons. The zero-order valence-corrected chi connectivity index (χ0v) is 17.5. The second kappa shape index (κ2) is 8.51. The van der Waals surface area contributed by atoms with Gasteiger partial charge in [-0.05, 0) is 55.4 Å². The van der Waals surface area contributed by atoms with Gasteiger partial charge in [-0.15, -0.1) is 0 Å². The van der Waals surface area contributed by atoms with E-state index in [2.05, 4.69) is 32.7 Å². The summed E-state index contributed by atoms with van der Waals surface area (Å²) in [6, 6.07) is 12.6. The van der Waals surface area contributed by atoms with Crippen LogP contribution in [0.2, 0.25) is 0 Å². The molecular weight excluding hydrogens is 390 g/mol. The van der Waals surface area contributed by atoms with Gasteiger partial charge in [0.2, 0.25) is 6.41 Å². The fourth-order valence-electron chi connectivity index (χ4n) is 4.39. The van der Waals surface area contributed by atoms with Crippen LogP contribution in [-0.2, 0) is 16.0 Å². The first-order valence-corrected chi connectivity index (χ1v) is 10.9. The van der Waals surface area contributed by atoms with E-state index >= 15 is 0 Å². The highest BCUT2D eigenvalue weighted by Crippen LogP contribution is 2.45. The maximum absolute atomic E-state index is 11.4. The van der Waals surface area contributed by atoms with Gasteiger partial charge in [-0.25, -0.2) is 9.98 Å². The first-order valence-electron chi connectivity index (χ1n) is 10.9. The second-order valence-corrected chi connectivity index (χ2v) is 8.33. The molecule has 2 aliphatic heterocycles. The summed E-state index contributed by atoms with van der Waals surface area (Å²) in [7, 11) is 0. The van der Waals surface area contributed by atoms with Crippen LogP contribution in [0.5, 0.6) is 0 Å². The Morgan fingerprint density at radius 1 is 1.26 bits per heavy atom. The Morgan fingerprint density at radius 3 is 2.90 bits per heavy atom. The van der Waals surface area contributed by atoms with Crippen molar-refractivity contribution >= 4 is 29.4 Å². The molecule has 1 amide bonds. The molecule has 1 N–H and O–H groups in total. The summed E-state index contributed by atoms with van der Waals surface area (Å²) in [5.74, 6) is 2.91. The van der Waals surface area contributed by atoms with E-state index in [0.29, 0.717) is 30.8 Å². The molecule has 1 atom stereocenters. The van der Waals surface area contributed by atoms with Gasteiger partial charge in [0.15, 0.2) is 5.82 Å². The standard InChI is InChI=1S/C24H27N5O2/c1-17-28(22-7-4-11-25-24(22)29(17)20-8-9-20)14-23(26-16-30)27-21-6-3-2-5-19(21)13-18-10-12-31-15-18/h2-7,11,16,18,20H,1,8-10,12-15H2,(H,26,27,30). The maximum atomic E-state index is 11.4. The van der Waals surface area contributed by atoms with Crippen LogP contribution >= 0.6 is 0 Å². The minimum absolute atomic E-state index is 0.417. The number of benzene rings is 1. The Labute approximate surface area is 182 Å². The van der Waals surface area contributed by atoms with Crippen molar-refractivity contribution in [2.75, 3.05) is 29.6 Å². The minimum atomic E-state index is 0.417. The average molecular weight is 418 g/mol. The molecule has 160 valence electrons. The Morgan fingerprint density at radius 2 is 2.13 bits per heavy atom. The predicted molar refractivity (Wildman–Crippen MR) is 122 cm³/mol. The normalized spacial score (nSPS) is 20.8. The van der Waals surface area contributed by atoms with E-state index < -0.39 is 0 Å². The Balaban J connectivity index is 1.42. The van der Waals surface area contributed by atoms with Crippen LogP contribution in [0.3, 0.4) is 0 Å². The number of para-hydroxylation sites is 1. The molecule has 3 aliphatic rings. The highest BCUT2D eigenvalue weighted by molar-refractivity contribution is 5.97. The van der Waals surface area contributed by atoms with Gasteiger partial charge in [-0.2, -0.15) is 0 Å². The van der Waals surface area contributed by atoms with Crippen molar-refractivity contribution in [3.8, 4) is 0 Å². The largest absolute Gasteiger partial charge is 0.381 e. The maximum Gasteiger partial charge on any atom is 0.212 e. The van der Waals surface area contributed by atoms with Crippen LogP contribution < -0.4 is 15.1 Å². The van der Waals surface area contributed by atoms with E-state index in [4.69, 9.17) is 9.73 Å². The number of carbonyl (C=O) groups excluding carboxylic acids is 1. The van der Waals surface area contributed by atoms with Crippen LogP contribution in [0.1, 0.15) is 24.8 Å². The average Bonchev–Trinajstić information content (AvgIpc) is 3.40. The lowest BCUT2D eigenvalue weighted by Gasteiger charge is -2.24. The van der Waals surface area contributed by atoms with Gasteiger partial charge < -0.3 is 19.9 Å². The fourth-order valence-corrected chi connectivity index (χ4v) is 4.39. The molecule has 7 nitrogen and oxygen atoms in total. The lowest BCUT2D eigenvalue weighted by Crippen LogP contribution is -2.37. The van der Waals surface area contributed by atoms with Crippen molar-refractivity contribution in [1.82, 2.24) is 10.3 Å². The number of fused-ring (bicyclic) bond motifs is 1. The smallest absolute Gasteiger partial charge is 0.212 e. The molecule has 3 heterocycles. The summed E-state index contributed by atoms with van der Waals surface area (Å²) in [6.07, 6.45) is 6.79. The number of pyridine rings is 1. The molecular formula is C24H27N5O2. The first-order chi connectivity index (χ1) is 15.2. The van der Waals surface area contributed by atoms with Crippen LogP contribution in [0.4, 0.5) is 17.2 Å². The van der Waals surface area contributed by atoms with Gasteiger partial charge >= 0.3 is 0 Å². The van der Waals surface area contributed by atoms with E-state index in [1.165, 1.54) is 5.56 Å². The number of carbonyl (C=O) groups is 1. The topological polar surface area (TPSA) is 70.1 Å². The van der Waals surface area contributed by atoms with Gasteiger partial charge in [-0.1, -0.05) is 24.8 Å². The number of rotatable bonds is 7. The van der Waals surface area contributed by atoms with Crippen LogP contribution in [0.15, 0.2) is 60.0 Å². The number of ether oxygens (including phenoxy) is 1. The lowest BCUT2D eigenvalue weighted by molar-refractivity contribution is -0.108. The fraction of sp³-hybridized carbons (Fsp3) is 0.375. The molecule has 1 aromatic heterocycles. The first kappa shape index (κ1) is 19.8. The molecule has 7 heteroatoms. The third-order valence-electron chi connectivity index (χ3n) is 6.10. The molecule has 1 saturated carbocycles. The number of aliphatic imine (C=N–C) groups is 1. The molecule has 0 bridgehead atoms. The third-order valence-corrected chi connectivity index (χ3v) is 6.10. The minimum Gasteiger partial charge on any atom is -0.381 e. The molecule has 0 spiro atoms. The number of amidine groups is 1. The number of nitrogens with one attached hydrogen (secondary N) is 1. The van der Waals surface area contributed by atoms with E-state index in [-0.39, 0.29) is 0 Å². The number of aromatic nitrogens is 1. The van der Waals surface area contributed by atoms with Crippen molar-refractivity contribution in [3.63, 3.8) is 0 Å². The molecule has 1 saturated heterocycles. The molecule has 1 aromatic carbocycles. The second-order valence-electron chi connectivity index (χ2n) is 8.33. The van der Waals surface area contributed by atoms with Crippen molar-refractivity contribution in [1.29, 1.82) is 0 Å². The molecule has 2 aromatic rings. The number of hydrogen-bond donors (Lipinski definition) is 1. The Kier molecular flexibility index (Phi) is 5.42. The monoisotopic (exact) mass is 417 g/mol. The van der Waals surface area contributed by atoms with Gasteiger partial charge in [0.1, 0.15) is 11.7 Å². The predicted octanol–water partition coefficient (Wildman–Crippen LogP) is 3.40. The van der Waals surface area contributed by atoms with Gasteiger partial charge in [0.25, 0.3) is 0 Å². The van der Waals surface area contributed by atoms with Crippen molar-refractivity contribution in [2.45, 2.75) is 31.7 Å². The highest BCUT2D eigenvalue weighted by Gasteiger charge is 2.40. The zero-order chi connectivity index (χ0) is 21.2. The summed E-state index contributed by atoms with van der Waals surface area (Å²) in [4.78, 5) is 25.1. The quantitative estimate of drug-likeness (QED) is 0.425. The van der Waals surface area contributed by atoms with Gasteiger partial charge in [0, 0.05) is 25.5 Å². The van der Waals surface area contributed by atoms with Crippen molar-refractivity contribution < 1.29 is 9.53 Å². The van der Waals surface area contributed by atoms with Crippen molar-refractivity contribution in [2.24, 2.45) is 10.9 Å². The van der Waals surface area contributed by atoms with Crippen LogP contribution in [-0.4, -0.2) is 43.0 Å². The SMILES string of the molecule is C=C1N(CC(=Nc2ccccc2CC2CCOC2)NC=O)c2cccnc2N1C1CC1. The molecule has 2 fully saturated rings. The lowest BCUT2D eigenvalue weighted by atomic mass is 9.97.